The van der Waals surface area contributed by atoms with E-state index in [9.17, 15) is 4.39 Å². The van der Waals surface area contributed by atoms with E-state index in [-0.39, 0.29) is 15.8 Å². The SMILES string of the molecule is O/N=C(\Cl)c1c(F)cccc1Cl. The van der Waals surface area contributed by atoms with E-state index in [1.807, 2.05) is 0 Å². The highest BCUT2D eigenvalue weighted by Crippen LogP contribution is 2.20. The van der Waals surface area contributed by atoms with Crippen molar-refractivity contribution in [1.29, 1.82) is 0 Å². The minimum Gasteiger partial charge on any atom is -0.410 e. The number of hydrogen-bond donors (Lipinski definition) is 1. The molecule has 0 unspecified atom stereocenters. The first-order valence-electron chi connectivity index (χ1n) is 2.98. The molecule has 1 rings (SSSR count). The summed E-state index contributed by atoms with van der Waals surface area (Å²) in [4.78, 5) is 0. The summed E-state index contributed by atoms with van der Waals surface area (Å²) < 4.78 is 12.9. The van der Waals surface area contributed by atoms with Crippen molar-refractivity contribution in [3.05, 3.63) is 34.6 Å². The summed E-state index contributed by atoms with van der Waals surface area (Å²) >= 11 is 11.0. The minimum atomic E-state index is -0.620. The zero-order chi connectivity index (χ0) is 9.14. The number of oxime groups is 1. The third kappa shape index (κ3) is 1.68. The lowest BCUT2D eigenvalue weighted by atomic mass is 10.2. The molecule has 0 aliphatic heterocycles. The van der Waals surface area contributed by atoms with Gasteiger partial charge in [0.05, 0.1) is 10.6 Å². The van der Waals surface area contributed by atoms with Gasteiger partial charge in [0, 0.05) is 0 Å². The van der Waals surface area contributed by atoms with E-state index in [1.165, 1.54) is 18.2 Å². The van der Waals surface area contributed by atoms with Crippen LogP contribution >= 0.6 is 23.2 Å². The second-order valence-corrected chi connectivity index (χ2v) is 2.75. The standard InChI is InChI=1S/C7H4Cl2FNO/c8-4-2-1-3-5(10)6(4)7(9)11-12/h1-3,12H/b11-7-. The van der Waals surface area contributed by atoms with Gasteiger partial charge in [0.15, 0.2) is 5.17 Å². The van der Waals surface area contributed by atoms with E-state index in [0.717, 1.165) is 0 Å². The Hall–Kier alpha value is -0.800. The van der Waals surface area contributed by atoms with Crippen molar-refractivity contribution in [2.75, 3.05) is 0 Å². The lowest BCUT2D eigenvalue weighted by molar-refractivity contribution is 0.320. The number of hydrogen-bond acceptors (Lipinski definition) is 2. The quantitative estimate of drug-likeness (QED) is 0.429. The van der Waals surface area contributed by atoms with Gasteiger partial charge in [-0.1, -0.05) is 34.4 Å². The Morgan fingerprint density at radius 3 is 2.67 bits per heavy atom. The molecule has 5 heteroatoms. The van der Waals surface area contributed by atoms with E-state index in [0.29, 0.717) is 0 Å². The van der Waals surface area contributed by atoms with Crippen LogP contribution in [0.3, 0.4) is 0 Å². The first kappa shape index (κ1) is 9.29. The average Bonchev–Trinajstić information content (AvgIpc) is 2.03. The molecule has 0 atom stereocenters. The van der Waals surface area contributed by atoms with Gasteiger partial charge in [-0.05, 0) is 12.1 Å². The van der Waals surface area contributed by atoms with Crippen LogP contribution in [-0.4, -0.2) is 10.4 Å². The molecule has 0 radical (unpaired) electrons. The van der Waals surface area contributed by atoms with Crippen LogP contribution in [0.1, 0.15) is 5.56 Å². The Morgan fingerprint density at radius 2 is 2.17 bits per heavy atom. The Balaban J connectivity index is 3.31. The number of halogens is 3. The van der Waals surface area contributed by atoms with E-state index in [1.54, 1.807) is 0 Å². The molecule has 2 nitrogen and oxygen atoms in total. The molecular formula is C7H4Cl2FNO. The van der Waals surface area contributed by atoms with Crippen LogP contribution in [0.4, 0.5) is 4.39 Å². The summed E-state index contributed by atoms with van der Waals surface area (Å²) in [5, 5.41) is 10.7. The number of nitrogens with zero attached hydrogens (tertiary/aromatic N) is 1. The summed E-state index contributed by atoms with van der Waals surface area (Å²) in [6, 6.07) is 4.06. The molecule has 0 bridgehead atoms. The lowest BCUT2D eigenvalue weighted by Crippen LogP contribution is -1.96. The third-order valence-corrected chi connectivity index (χ3v) is 1.84. The summed E-state index contributed by atoms with van der Waals surface area (Å²) in [6.07, 6.45) is 0. The zero-order valence-electron chi connectivity index (χ0n) is 5.76. The highest BCUT2D eigenvalue weighted by molar-refractivity contribution is 6.70. The molecule has 1 aromatic rings. The van der Waals surface area contributed by atoms with Crippen molar-refractivity contribution >= 4 is 28.4 Å². The van der Waals surface area contributed by atoms with Gasteiger partial charge < -0.3 is 5.21 Å². The highest BCUT2D eigenvalue weighted by Gasteiger charge is 2.11. The van der Waals surface area contributed by atoms with Crippen LogP contribution in [0, 0.1) is 5.82 Å². The summed E-state index contributed by atoms with van der Waals surface area (Å²) in [5.41, 5.74) is -0.0941. The first-order chi connectivity index (χ1) is 5.66. The van der Waals surface area contributed by atoms with Gasteiger partial charge in [-0.2, -0.15) is 0 Å². The maximum absolute atomic E-state index is 12.9. The lowest BCUT2D eigenvalue weighted by Gasteiger charge is -2.00. The van der Waals surface area contributed by atoms with Crippen LogP contribution in [0.5, 0.6) is 0 Å². The smallest absolute Gasteiger partial charge is 0.179 e. The van der Waals surface area contributed by atoms with Gasteiger partial charge in [0.1, 0.15) is 5.82 Å². The Bertz CT molecular complexity index is 307. The van der Waals surface area contributed by atoms with Crippen molar-refractivity contribution in [3.63, 3.8) is 0 Å². The molecule has 0 heterocycles. The zero-order valence-corrected chi connectivity index (χ0v) is 7.27. The third-order valence-electron chi connectivity index (χ3n) is 1.26. The summed E-state index contributed by atoms with van der Waals surface area (Å²) in [6.45, 7) is 0. The van der Waals surface area contributed by atoms with Crippen molar-refractivity contribution in [2.45, 2.75) is 0 Å². The normalized spacial score (nSPS) is 11.8. The van der Waals surface area contributed by atoms with Crippen molar-refractivity contribution in [1.82, 2.24) is 0 Å². The van der Waals surface area contributed by atoms with Gasteiger partial charge in [-0.3, -0.25) is 0 Å². The molecule has 64 valence electrons. The Labute approximate surface area is 78.2 Å². The van der Waals surface area contributed by atoms with Gasteiger partial charge in [0.2, 0.25) is 0 Å². The maximum atomic E-state index is 12.9. The molecule has 12 heavy (non-hydrogen) atoms. The van der Waals surface area contributed by atoms with Gasteiger partial charge >= 0.3 is 0 Å². The highest BCUT2D eigenvalue weighted by atomic mass is 35.5. The molecule has 0 saturated carbocycles. The van der Waals surface area contributed by atoms with Crippen LogP contribution in [0.25, 0.3) is 0 Å². The predicted molar refractivity (Wildman–Crippen MR) is 45.6 cm³/mol. The van der Waals surface area contributed by atoms with Crippen molar-refractivity contribution in [3.8, 4) is 0 Å². The van der Waals surface area contributed by atoms with Crippen molar-refractivity contribution < 1.29 is 9.60 Å². The first-order valence-corrected chi connectivity index (χ1v) is 3.74. The molecule has 0 spiro atoms. The molecule has 0 saturated heterocycles. The van der Waals surface area contributed by atoms with Crippen LogP contribution in [0.2, 0.25) is 5.02 Å². The van der Waals surface area contributed by atoms with Gasteiger partial charge in [0.25, 0.3) is 0 Å². The summed E-state index contributed by atoms with van der Waals surface area (Å²) in [5.74, 6) is -0.620. The maximum Gasteiger partial charge on any atom is 0.179 e. The van der Waals surface area contributed by atoms with E-state index in [2.05, 4.69) is 5.16 Å². The van der Waals surface area contributed by atoms with E-state index in [4.69, 9.17) is 28.4 Å². The molecule has 0 aliphatic carbocycles. The largest absolute Gasteiger partial charge is 0.410 e. The van der Waals surface area contributed by atoms with Gasteiger partial charge in [-0.15, -0.1) is 0 Å². The van der Waals surface area contributed by atoms with E-state index < -0.39 is 5.82 Å². The molecular weight excluding hydrogens is 204 g/mol. The number of rotatable bonds is 1. The molecule has 1 N–H and O–H groups in total. The van der Waals surface area contributed by atoms with Crippen LogP contribution in [0.15, 0.2) is 23.4 Å². The fourth-order valence-electron chi connectivity index (χ4n) is 0.745. The van der Waals surface area contributed by atoms with E-state index >= 15 is 0 Å². The fraction of sp³-hybridized carbons (Fsp3) is 0. The second kappa shape index (κ2) is 3.74. The monoisotopic (exact) mass is 207 g/mol. The fourth-order valence-corrected chi connectivity index (χ4v) is 1.24. The Morgan fingerprint density at radius 1 is 1.50 bits per heavy atom. The average molecular weight is 208 g/mol. The molecule has 0 aromatic heterocycles. The topological polar surface area (TPSA) is 32.6 Å². The molecule has 0 fully saturated rings. The van der Waals surface area contributed by atoms with Crippen molar-refractivity contribution in [2.24, 2.45) is 5.16 Å². The number of benzene rings is 1. The summed E-state index contributed by atoms with van der Waals surface area (Å²) in [7, 11) is 0. The second-order valence-electron chi connectivity index (χ2n) is 1.99. The molecule has 0 aliphatic rings. The van der Waals surface area contributed by atoms with Crippen LogP contribution in [-0.2, 0) is 0 Å². The minimum absolute atomic E-state index is 0.0941. The molecule has 1 aromatic carbocycles. The molecule has 0 amide bonds. The predicted octanol–water partition coefficient (Wildman–Crippen LogP) is 2.85. The Kier molecular flexibility index (Phi) is 2.89. The van der Waals surface area contributed by atoms with Gasteiger partial charge in [-0.25, -0.2) is 4.39 Å². The van der Waals surface area contributed by atoms with Crippen LogP contribution < -0.4 is 0 Å².